The first kappa shape index (κ1) is 22.8. The zero-order valence-electron chi connectivity index (χ0n) is 17.0. The molecule has 0 heterocycles. The highest BCUT2D eigenvalue weighted by Crippen LogP contribution is 2.23. The van der Waals surface area contributed by atoms with Crippen LogP contribution in [0.3, 0.4) is 0 Å². The molecule has 0 aromatic heterocycles. The Bertz CT molecular complexity index is 996. The van der Waals surface area contributed by atoms with Gasteiger partial charge in [-0.15, -0.1) is 0 Å². The summed E-state index contributed by atoms with van der Waals surface area (Å²) in [5, 5.41) is 37.3. The van der Waals surface area contributed by atoms with Crippen LogP contribution >= 0.6 is 0 Å². The summed E-state index contributed by atoms with van der Waals surface area (Å²) in [6, 6.07) is 10.3. The molecule has 3 rings (SSSR count). The van der Waals surface area contributed by atoms with Gasteiger partial charge >= 0.3 is 0 Å². The highest BCUT2D eigenvalue weighted by molar-refractivity contribution is 5.98. The Hall–Kier alpha value is -3.86. The Morgan fingerprint density at radius 3 is 2.19 bits per heavy atom. The van der Waals surface area contributed by atoms with Gasteiger partial charge in [-0.05, 0) is 24.8 Å². The van der Waals surface area contributed by atoms with E-state index in [0.717, 1.165) is 23.8 Å². The molecule has 1 fully saturated rings. The van der Waals surface area contributed by atoms with Crippen molar-refractivity contribution in [3.8, 4) is 0 Å². The van der Waals surface area contributed by atoms with E-state index in [9.17, 15) is 34.9 Å². The van der Waals surface area contributed by atoms with Crippen LogP contribution < -0.4 is 10.6 Å². The van der Waals surface area contributed by atoms with Crippen molar-refractivity contribution in [2.75, 3.05) is 0 Å². The van der Waals surface area contributed by atoms with Crippen molar-refractivity contribution in [2.45, 2.75) is 43.9 Å². The van der Waals surface area contributed by atoms with Gasteiger partial charge in [-0.25, -0.2) is 0 Å². The van der Waals surface area contributed by atoms with Crippen molar-refractivity contribution in [1.82, 2.24) is 10.6 Å². The lowest BCUT2D eigenvalue weighted by molar-refractivity contribution is -0.394. The Morgan fingerprint density at radius 2 is 1.66 bits per heavy atom. The first-order valence-corrected chi connectivity index (χ1v) is 10.00. The molecular formula is C21H22N4O7. The van der Waals surface area contributed by atoms with Crippen LogP contribution in [0.5, 0.6) is 0 Å². The van der Waals surface area contributed by atoms with Crippen LogP contribution in [-0.4, -0.2) is 45.0 Å². The zero-order valence-corrected chi connectivity index (χ0v) is 17.0. The minimum absolute atomic E-state index is 0.144. The van der Waals surface area contributed by atoms with Gasteiger partial charge in [-0.1, -0.05) is 30.3 Å². The third-order valence-corrected chi connectivity index (χ3v) is 5.24. The second-order valence-electron chi connectivity index (χ2n) is 7.64. The summed E-state index contributed by atoms with van der Waals surface area (Å²) in [5.74, 6) is -1.32. The number of non-ortho nitro benzene ring substituents is 2. The number of hydrogen-bond donors (Lipinski definition) is 3. The van der Waals surface area contributed by atoms with Crippen molar-refractivity contribution in [3.63, 3.8) is 0 Å². The average Bonchev–Trinajstić information content (AvgIpc) is 3.17. The number of rotatable bonds is 8. The number of nitrogens with zero attached hydrogens (tertiary/aromatic N) is 2. The molecule has 2 aromatic carbocycles. The van der Waals surface area contributed by atoms with Crippen molar-refractivity contribution >= 4 is 23.2 Å². The fourth-order valence-electron chi connectivity index (χ4n) is 3.63. The maximum absolute atomic E-state index is 12.9. The Labute approximate surface area is 182 Å². The van der Waals surface area contributed by atoms with E-state index >= 15 is 0 Å². The summed E-state index contributed by atoms with van der Waals surface area (Å²) in [6.45, 7) is 0. The van der Waals surface area contributed by atoms with Gasteiger partial charge < -0.3 is 15.7 Å². The Kier molecular flexibility index (Phi) is 7.11. The lowest BCUT2D eigenvalue weighted by Crippen LogP contribution is -2.50. The van der Waals surface area contributed by atoms with E-state index in [4.69, 9.17) is 0 Å². The van der Waals surface area contributed by atoms with E-state index in [-0.39, 0.29) is 18.0 Å². The number of carbonyl (C=O) groups excluding carboxylic acids is 2. The molecular weight excluding hydrogens is 420 g/mol. The molecule has 3 N–H and O–H groups in total. The zero-order chi connectivity index (χ0) is 23.3. The number of hydrogen-bond acceptors (Lipinski definition) is 7. The largest absolute Gasteiger partial charge is 0.393 e. The predicted molar refractivity (Wildman–Crippen MR) is 113 cm³/mol. The molecule has 168 valence electrons. The van der Waals surface area contributed by atoms with Gasteiger partial charge in [0.2, 0.25) is 5.91 Å². The molecule has 0 spiro atoms. The quantitative estimate of drug-likeness (QED) is 0.415. The molecule has 11 nitrogen and oxygen atoms in total. The van der Waals surface area contributed by atoms with E-state index in [1.54, 1.807) is 30.3 Å². The highest BCUT2D eigenvalue weighted by atomic mass is 16.6. The molecule has 2 aromatic rings. The monoisotopic (exact) mass is 442 g/mol. The molecule has 0 saturated heterocycles. The summed E-state index contributed by atoms with van der Waals surface area (Å²) in [6.07, 6.45) is 1.24. The van der Waals surface area contributed by atoms with Crippen LogP contribution in [0.25, 0.3) is 0 Å². The van der Waals surface area contributed by atoms with Crippen molar-refractivity contribution in [1.29, 1.82) is 0 Å². The topological polar surface area (TPSA) is 165 Å². The van der Waals surface area contributed by atoms with Crippen LogP contribution in [0.1, 0.15) is 35.2 Å². The van der Waals surface area contributed by atoms with Gasteiger partial charge in [-0.3, -0.25) is 29.8 Å². The predicted octanol–water partition coefficient (Wildman–Crippen LogP) is 1.87. The van der Waals surface area contributed by atoms with Crippen LogP contribution in [-0.2, 0) is 11.2 Å². The fraction of sp³-hybridized carbons (Fsp3) is 0.333. The molecule has 0 aliphatic heterocycles. The van der Waals surface area contributed by atoms with Gasteiger partial charge in [0.1, 0.15) is 6.04 Å². The SMILES string of the molecule is O=C(N[C@@H](Cc1ccccc1)C(=O)N[C@H]1CC[C@@H](O)C1)c1cc([N+](=O)[O-])cc([N+](=O)[O-])c1. The van der Waals surface area contributed by atoms with Gasteiger partial charge in [0, 0.05) is 24.6 Å². The third-order valence-electron chi connectivity index (χ3n) is 5.24. The third kappa shape index (κ3) is 5.85. The first-order valence-electron chi connectivity index (χ1n) is 10.00. The number of benzene rings is 2. The number of amides is 2. The minimum Gasteiger partial charge on any atom is -0.393 e. The second-order valence-corrected chi connectivity index (χ2v) is 7.64. The highest BCUT2D eigenvalue weighted by Gasteiger charge is 2.29. The number of nitro groups is 2. The molecule has 1 aliphatic carbocycles. The summed E-state index contributed by atoms with van der Waals surface area (Å²) in [7, 11) is 0. The van der Waals surface area contributed by atoms with E-state index in [2.05, 4.69) is 10.6 Å². The maximum atomic E-state index is 12.9. The van der Waals surface area contributed by atoms with Crippen LogP contribution in [0.15, 0.2) is 48.5 Å². The summed E-state index contributed by atoms with van der Waals surface area (Å²) in [5.41, 5.74) is -0.737. The molecule has 0 radical (unpaired) electrons. The van der Waals surface area contributed by atoms with Crippen LogP contribution in [0.4, 0.5) is 11.4 Å². The number of aliphatic hydroxyl groups is 1. The lowest BCUT2D eigenvalue weighted by Gasteiger charge is -2.21. The normalized spacial score (nSPS) is 18.5. The van der Waals surface area contributed by atoms with Crippen molar-refractivity contribution in [2.24, 2.45) is 0 Å². The molecule has 32 heavy (non-hydrogen) atoms. The summed E-state index contributed by atoms with van der Waals surface area (Å²) >= 11 is 0. The van der Waals surface area contributed by atoms with Crippen molar-refractivity contribution in [3.05, 3.63) is 79.9 Å². The van der Waals surface area contributed by atoms with Gasteiger partial charge in [0.25, 0.3) is 17.3 Å². The van der Waals surface area contributed by atoms with E-state index in [0.29, 0.717) is 19.3 Å². The molecule has 2 amide bonds. The van der Waals surface area contributed by atoms with E-state index in [1.807, 2.05) is 0 Å². The maximum Gasteiger partial charge on any atom is 0.277 e. The van der Waals surface area contributed by atoms with Crippen LogP contribution in [0, 0.1) is 20.2 Å². The number of aliphatic hydroxyl groups excluding tert-OH is 1. The standard InChI is InChI=1S/C21H22N4O7/c26-18-7-6-15(11-18)22-21(28)19(8-13-4-2-1-3-5-13)23-20(27)14-9-16(24(29)30)12-17(10-14)25(31)32/h1-5,9-10,12,15,18-19,26H,6-8,11H2,(H,22,28)(H,23,27)/t15-,18+,19-/m0/s1. The summed E-state index contributed by atoms with van der Waals surface area (Å²) < 4.78 is 0. The molecule has 1 aliphatic rings. The first-order chi connectivity index (χ1) is 15.2. The van der Waals surface area contributed by atoms with Gasteiger partial charge in [0.05, 0.1) is 27.6 Å². The minimum atomic E-state index is -1.03. The fourth-order valence-corrected chi connectivity index (χ4v) is 3.63. The average molecular weight is 442 g/mol. The second kappa shape index (κ2) is 9.96. The van der Waals surface area contributed by atoms with Gasteiger partial charge in [-0.2, -0.15) is 0 Å². The van der Waals surface area contributed by atoms with Crippen molar-refractivity contribution < 1.29 is 24.5 Å². The molecule has 0 unspecified atom stereocenters. The number of nitrogens with one attached hydrogen (secondary N) is 2. The molecule has 0 bridgehead atoms. The molecule has 1 saturated carbocycles. The Balaban J connectivity index is 1.83. The molecule has 3 atom stereocenters. The van der Waals surface area contributed by atoms with E-state index in [1.165, 1.54) is 0 Å². The van der Waals surface area contributed by atoms with E-state index < -0.39 is 45.2 Å². The summed E-state index contributed by atoms with van der Waals surface area (Å²) in [4.78, 5) is 46.3. The van der Waals surface area contributed by atoms with Gasteiger partial charge in [0.15, 0.2) is 0 Å². The molecule has 11 heteroatoms. The Morgan fingerprint density at radius 1 is 1.03 bits per heavy atom. The number of nitro benzene ring substituents is 2. The number of carbonyl (C=O) groups is 2. The smallest absolute Gasteiger partial charge is 0.277 e. The lowest BCUT2D eigenvalue weighted by atomic mass is 10.0. The van der Waals surface area contributed by atoms with Crippen LogP contribution in [0.2, 0.25) is 0 Å².